The highest BCUT2D eigenvalue weighted by molar-refractivity contribution is 6.30. The maximum absolute atomic E-state index is 13.5. The SMILES string of the molecule is CN1CCC(Nc2ccc(Cl)cc2F)CC1. The molecule has 0 amide bonds. The first-order valence-corrected chi connectivity index (χ1v) is 5.93. The van der Waals surface area contributed by atoms with Crippen LogP contribution >= 0.6 is 11.6 Å². The van der Waals surface area contributed by atoms with Crippen molar-refractivity contribution in [3.05, 3.63) is 29.0 Å². The Balaban J connectivity index is 1.98. The summed E-state index contributed by atoms with van der Waals surface area (Å²) in [5.74, 6) is -0.272. The van der Waals surface area contributed by atoms with Crippen LogP contribution < -0.4 is 5.32 Å². The van der Waals surface area contributed by atoms with E-state index >= 15 is 0 Å². The third kappa shape index (κ3) is 2.86. The number of hydrogen-bond acceptors (Lipinski definition) is 2. The van der Waals surface area contributed by atoms with E-state index in [9.17, 15) is 4.39 Å². The standard InChI is InChI=1S/C12H16ClFN2/c1-16-6-4-10(5-7-16)15-12-3-2-9(13)8-11(12)14/h2-3,8,10,15H,4-7H2,1H3. The molecule has 1 N–H and O–H groups in total. The van der Waals surface area contributed by atoms with Crippen molar-refractivity contribution in [3.63, 3.8) is 0 Å². The number of anilines is 1. The van der Waals surface area contributed by atoms with Crippen LogP contribution in [0.2, 0.25) is 5.02 Å². The van der Waals surface area contributed by atoms with Gasteiger partial charge in [-0.15, -0.1) is 0 Å². The zero-order chi connectivity index (χ0) is 11.5. The normalized spacial score (nSPS) is 18.7. The number of rotatable bonds is 2. The van der Waals surface area contributed by atoms with Crippen molar-refractivity contribution < 1.29 is 4.39 Å². The second kappa shape index (κ2) is 5.02. The van der Waals surface area contributed by atoms with Gasteiger partial charge in [0, 0.05) is 11.1 Å². The molecule has 0 atom stereocenters. The first-order valence-electron chi connectivity index (χ1n) is 5.55. The van der Waals surface area contributed by atoms with Gasteiger partial charge in [-0.2, -0.15) is 0 Å². The molecule has 4 heteroatoms. The molecule has 0 spiro atoms. The lowest BCUT2D eigenvalue weighted by Gasteiger charge is -2.30. The molecule has 0 bridgehead atoms. The quantitative estimate of drug-likeness (QED) is 0.858. The maximum atomic E-state index is 13.5. The van der Waals surface area contributed by atoms with Crippen LogP contribution in [0.1, 0.15) is 12.8 Å². The molecular weight excluding hydrogens is 227 g/mol. The highest BCUT2D eigenvalue weighted by atomic mass is 35.5. The summed E-state index contributed by atoms with van der Waals surface area (Å²) in [7, 11) is 2.11. The first kappa shape index (κ1) is 11.7. The molecule has 1 aromatic rings. The molecule has 0 aromatic heterocycles. The van der Waals surface area contributed by atoms with Gasteiger partial charge in [0.1, 0.15) is 5.82 Å². The van der Waals surface area contributed by atoms with E-state index in [4.69, 9.17) is 11.6 Å². The molecule has 1 aromatic carbocycles. The molecule has 1 saturated heterocycles. The molecule has 0 radical (unpaired) electrons. The van der Waals surface area contributed by atoms with Crippen molar-refractivity contribution in [2.75, 3.05) is 25.5 Å². The molecule has 16 heavy (non-hydrogen) atoms. The van der Waals surface area contributed by atoms with E-state index in [1.807, 2.05) is 0 Å². The number of nitrogens with zero attached hydrogens (tertiary/aromatic N) is 1. The van der Waals surface area contributed by atoms with Crippen molar-refractivity contribution >= 4 is 17.3 Å². The number of benzene rings is 1. The van der Waals surface area contributed by atoms with Crippen molar-refractivity contribution in [3.8, 4) is 0 Å². The summed E-state index contributed by atoms with van der Waals surface area (Å²) in [5.41, 5.74) is 0.555. The number of piperidine rings is 1. The Morgan fingerprint density at radius 2 is 2.06 bits per heavy atom. The average Bonchev–Trinajstić information content (AvgIpc) is 2.25. The molecular formula is C12H16ClFN2. The summed E-state index contributed by atoms with van der Waals surface area (Å²) in [4.78, 5) is 2.29. The Hall–Kier alpha value is -0.800. The van der Waals surface area contributed by atoms with Gasteiger partial charge in [0.2, 0.25) is 0 Å². The van der Waals surface area contributed by atoms with Gasteiger partial charge in [0.25, 0.3) is 0 Å². The monoisotopic (exact) mass is 242 g/mol. The molecule has 0 saturated carbocycles. The third-order valence-electron chi connectivity index (χ3n) is 3.01. The number of halogens is 2. The van der Waals surface area contributed by atoms with Crippen LogP contribution in [-0.2, 0) is 0 Å². The van der Waals surface area contributed by atoms with Crippen molar-refractivity contribution in [1.82, 2.24) is 4.90 Å². The number of likely N-dealkylation sites (tertiary alicyclic amines) is 1. The number of hydrogen-bond donors (Lipinski definition) is 1. The van der Waals surface area contributed by atoms with E-state index in [1.165, 1.54) is 6.07 Å². The Morgan fingerprint density at radius 3 is 2.69 bits per heavy atom. The Kier molecular flexibility index (Phi) is 3.66. The minimum Gasteiger partial charge on any atom is -0.380 e. The van der Waals surface area contributed by atoms with Crippen LogP contribution in [0.5, 0.6) is 0 Å². The van der Waals surface area contributed by atoms with Crippen LogP contribution in [0.4, 0.5) is 10.1 Å². The molecule has 2 nitrogen and oxygen atoms in total. The second-order valence-electron chi connectivity index (χ2n) is 4.35. The third-order valence-corrected chi connectivity index (χ3v) is 3.24. The van der Waals surface area contributed by atoms with Crippen LogP contribution in [0, 0.1) is 5.82 Å². The minimum atomic E-state index is -0.272. The van der Waals surface area contributed by atoms with E-state index in [-0.39, 0.29) is 5.82 Å². The van der Waals surface area contributed by atoms with Gasteiger partial charge in [-0.25, -0.2) is 4.39 Å². The molecule has 0 unspecified atom stereocenters. The fraction of sp³-hybridized carbons (Fsp3) is 0.500. The Bertz CT molecular complexity index is 362. The number of nitrogens with one attached hydrogen (secondary N) is 1. The second-order valence-corrected chi connectivity index (χ2v) is 4.78. The largest absolute Gasteiger partial charge is 0.380 e. The Labute approximate surface area is 100 Å². The molecule has 1 aliphatic rings. The lowest BCUT2D eigenvalue weighted by molar-refractivity contribution is 0.263. The van der Waals surface area contributed by atoms with Gasteiger partial charge in [-0.3, -0.25) is 0 Å². The first-order chi connectivity index (χ1) is 7.65. The van der Waals surface area contributed by atoms with E-state index in [0.717, 1.165) is 25.9 Å². The highest BCUT2D eigenvalue weighted by Gasteiger charge is 2.17. The van der Waals surface area contributed by atoms with Crippen LogP contribution in [0.15, 0.2) is 18.2 Å². The van der Waals surface area contributed by atoms with Gasteiger partial charge >= 0.3 is 0 Å². The smallest absolute Gasteiger partial charge is 0.147 e. The summed E-state index contributed by atoms with van der Waals surface area (Å²) in [6.45, 7) is 2.12. The maximum Gasteiger partial charge on any atom is 0.147 e. The lowest BCUT2D eigenvalue weighted by Crippen LogP contribution is -2.36. The van der Waals surface area contributed by atoms with Crippen molar-refractivity contribution in [2.24, 2.45) is 0 Å². The van der Waals surface area contributed by atoms with Crippen LogP contribution in [-0.4, -0.2) is 31.1 Å². The summed E-state index contributed by atoms with van der Waals surface area (Å²) in [6, 6.07) is 5.13. The predicted octanol–water partition coefficient (Wildman–Crippen LogP) is 2.99. The van der Waals surface area contributed by atoms with Gasteiger partial charge in [-0.05, 0) is 51.2 Å². The minimum absolute atomic E-state index is 0.272. The van der Waals surface area contributed by atoms with E-state index in [1.54, 1.807) is 12.1 Å². The van der Waals surface area contributed by atoms with Crippen LogP contribution in [0.25, 0.3) is 0 Å². The van der Waals surface area contributed by atoms with Crippen molar-refractivity contribution in [1.29, 1.82) is 0 Å². The zero-order valence-electron chi connectivity index (χ0n) is 9.34. The topological polar surface area (TPSA) is 15.3 Å². The fourth-order valence-corrected chi connectivity index (χ4v) is 2.14. The fourth-order valence-electron chi connectivity index (χ4n) is 1.98. The summed E-state index contributed by atoms with van der Waals surface area (Å²) >= 11 is 5.70. The summed E-state index contributed by atoms with van der Waals surface area (Å²) < 4.78 is 13.5. The summed E-state index contributed by atoms with van der Waals surface area (Å²) in [5, 5.41) is 3.67. The van der Waals surface area contributed by atoms with E-state index in [0.29, 0.717) is 16.8 Å². The van der Waals surface area contributed by atoms with E-state index in [2.05, 4.69) is 17.3 Å². The zero-order valence-corrected chi connectivity index (χ0v) is 10.1. The van der Waals surface area contributed by atoms with E-state index < -0.39 is 0 Å². The summed E-state index contributed by atoms with van der Waals surface area (Å²) in [6.07, 6.45) is 2.11. The van der Waals surface area contributed by atoms with Crippen LogP contribution in [0.3, 0.4) is 0 Å². The Morgan fingerprint density at radius 1 is 1.38 bits per heavy atom. The molecule has 0 aliphatic carbocycles. The molecule has 88 valence electrons. The van der Waals surface area contributed by atoms with Crippen molar-refractivity contribution in [2.45, 2.75) is 18.9 Å². The van der Waals surface area contributed by atoms with Gasteiger partial charge in [0.15, 0.2) is 0 Å². The average molecular weight is 243 g/mol. The highest BCUT2D eigenvalue weighted by Crippen LogP contribution is 2.21. The van der Waals surface area contributed by atoms with Gasteiger partial charge in [-0.1, -0.05) is 11.6 Å². The molecule has 2 rings (SSSR count). The van der Waals surface area contributed by atoms with Gasteiger partial charge < -0.3 is 10.2 Å². The molecule has 1 heterocycles. The van der Waals surface area contributed by atoms with Gasteiger partial charge in [0.05, 0.1) is 5.69 Å². The predicted molar refractivity (Wildman–Crippen MR) is 65.6 cm³/mol. The molecule has 1 aliphatic heterocycles. The lowest BCUT2D eigenvalue weighted by atomic mass is 10.1. The molecule has 1 fully saturated rings.